The number of halogens is 2. The Balaban J connectivity index is 0.000000810. The van der Waals surface area contributed by atoms with Crippen LogP contribution in [0.2, 0.25) is 0 Å². The summed E-state index contributed by atoms with van der Waals surface area (Å²) in [6.45, 7) is 2.03. The number of hydrogen-bond donors (Lipinski definition) is 0. The van der Waals surface area contributed by atoms with E-state index in [1.165, 1.54) is 5.56 Å². The maximum atomic E-state index is 3.40. The van der Waals surface area contributed by atoms with E-state index >= 15 is 0 Å². The van der Waals surface area contributed by atoms with Gasteiger partial charge in [0.05, 0.1) is 0 Å². The summed E-state index contributed by atoms with van der Waals surface area (Å²) < 4.78 is 2.10. The van der Waals surface area contributed by atoms with Gasteiger partial charge in [0.15, 0.2) is 0 Å². The monoisotopic (exact) mass is 336 g/mol. The molecule has 1 aromatic carbocycles. The van der Waals surface area contributed by atoms with Crippen LogP contribution in [0.3, 0.4) is 0 Å². The molecule has 0 heterocycles. The van der Waals surface area contributed by atoms with Crippen molar-refractivity contribution >= 4 is 31.9 Å². The molecule has 3 heteroatoms. The summed E-state index contributed by atoms with van der Waals surface area (Å²) in [6.07, 6.45) is 0. The summed E-state index contributed by atoms with van der Waals surface area (Å²) in [5.41, 5.74) is 1.21. The fourth-order valence-corrected chi connectivity index (χ4v) is 1.51. The molecule has 51 valence electrons. The molecule has 0 N–H and O–H groups in total. The molecule has 0 aliphatic heterocycles. The van der Waals surface area contributed by atoms with Gasteiger partial charge < -0.3 is 0 Å². The van der Waals surface area contributed by atoms with Gasteiger partial charge in [0.1, 0.15) is 0 Å². The minimum absolute atomic E-state index is 0. The predicted molar refractivity (Wildman–Crippen MR) is 45.4 cm³/mol. The Morgan fingerprint density at radius 1 is 1.40 bits per heavy atom. The van der Waals surface area contributed by atoms with Gasteiger partial charge in [0.25, 0.3) is 0 Å². The van der Waals surface area contributed by atoms with Crippen LogP contribution in [0.1, 0.15) is 5.56 Å². The maximum Gasteiger partial charge on any atom is 0 e. The third kappa shape index (κ3) is 3.12. The van der Waals surface area contributed by atoms with Crippen molar-refractivity contribution in [1.29, 1.82) is 0 Å². The van der Waals surface area contributed by atoms with Crippen molar-refractivity contribution in [3.8, 4) is 0 Å². The molecule has 1 aromatic rings. The molecule has 1 rings (SSSR count). The Morgan fingerprint density at radius 2 is 2.00 bits per heavy atom. The van der Waals surface area contributed by atoms with Crippen molar-refractivity contribution in [2.75, 3.05) is 0 Å². The Labute approximate surface area is 103 Å². The minimum atomic E-state index is 0. The van der Waals surface area contributed by atoms with E-state index in [2.05, 4.69) is 37.9 Å². The first-order chi connectivity index (χ1) is 4.20. The molecule has 1 radical (unpaired) electrons. The van der Waals surface area contributed by atoms with Crippen molar-refractivity contribution in [1.82, 2.24) is 0 Å². The van der Waals surface area contributed by atoms with Gasteiger partial charge in [-0.1, -0.05) is 47.7 Å². The van der Waals surface area contributed by atoms with E-state index in [1.54, 1.807) is 0 Å². The molecule has 0 atom stereocenters. The summed E-state index contributed by atoms with van der Waals surface area (Å²) in [5, 5.41) is 0. The van der Waals surface area contributed by atoms with Crippen LogP contribution in [0.25, 0.3) is 0 Å². The predicted octanol–water partition coefficient (Wildman–Crippen LogP) is 3.32. The fourth-order valence-electron chi connectivity index (χ4n) is 0.513. The first kappa shape index (κ1) is 11.3. The molecule has 0 aliphatic rings. The van der Waals surface area contributed by atoms with E-state index in [1.807, 2.05) is 19.1 Å². The van der Waals surface area contributed by atoms with Gasteiger partial charge in [-0.15, -0.1) is 11.6 Å². The second-order valence-corrected chi connectivity index (χ2v) is 3.52. The quantitative estimate of drug-likeness (QED) is 0.637. The normalized spacial score (nSPS) is 8.70. The van der Waals surface area contributed by atoms with Gasteiger partial charge in [0.2, 0.25) is 0 Å². The third-order valence-electron chi connectivity index (χ3n) is 1.06. The SMILES string of the molecule is Cc1c[c-]c(Br)cc1Br.[Y]. The van der Waals surface area contributed by atoms with Gasteiger partial charge >= 0.3 is 0 Å². The number of benzene rings is 1. The van der Waals surface area contributed by atoms with Crippen LogP contribution in [-0.2, 0) is 32.7 Å². The van der Waals surface area contributed by atoms with E-state index in [0.717, 1.165) is 8.95 Å². The number of rotatable bonds is 0. The molecular weight excluding hydrogens is 333 g/mol. The summed E-state index contributed by atoms with van der Waals surface area (Å²) >= 11 is 6.71. The van der Waals surface area contributed by atoms with E-state index in [-0.39, 0.29) is 32.7 Å². The minimum Gasteiger partial charge on any atom is -0.172 e. The molecule has 0 aliphatic carbocycles. The Hall–Kier alpha value is 1.28. The second-order valence-electron chi connectivity index (χ2n) is 1.81. The zero-order chi connectivity index (χ0) is 6.85. The average molecular weight is 338 g/mol. The molecule has 0 fully saturated rings. The van der Waals surface area contributed by atoms with Crippen LogP contribution in [0.4, 0.5) is 0 Å². The summed E-state index contributed by atoms with van der Waals surface area (Å²) in [6, 6.07) is 6.95. The van der Waals surface area contributed by atoms with Crippen LogP contribution < -0.4 is 0 Å². The molecule has 0 spiro atoms. The Morgan fingerprint density at radius 3 is 2.40 bits per heavy atom. The van der Waals surface area contributed by atoms with Gasteiger partial charge in [-0.25, -0.2) is 0 Å². The van der Waals surface area contributed by atoms with E-state index in [4.69, 9.17) is 0 Å². The molecule has 0 saturated carbocycles. The summed E-state index contributed by atoms with van der Waals surface area (Å²) in [5.74, 6) is 0. The Kier molecular flexibility index (Phi) is 5.67. The molecule has 0 nitrogen and oxygen atoms in total. The van der Waals surface area contributed by atoms with Gasteiger partial charge in [0, 0.05) is 32.7 Å². The standard InChI is InChI=1S/C7H5Br2.Y/c1-5-2-3-6(8)4-7(5)9;/h2,4H,1H3;/q-1;. The van der Waals surface area contributed by atoms with Crippen molar-refractivity contribution in [3.63, 3.8) is 0 Å². The smallest absolute Gasteiger partial charge is 0 e. The number of hydrogen-bond acceptors (Lipinski definition) is 0. The van der Waals surface area contributed by atoms with Crippen molar-refractivity contribution < 1.29 is 32.7 Å². The van der Waals surface area contributed by atoms with Gasteiger partial charge in [-0.05, 0) is 0 Å². The molecule has 0 aromatic heterocycles. The molecular formula is C7H5Br2Y-. The fraction of sp³-hybridized carbons (Fsp3) is 0.143. The van der Waals surface area contributed by atoms with Crippen LogP contribution in [0.5, 0.6) is 0 Å². The van der Waals surface area contributed by atoms with Crippen LogP contribution in [0.15, 0.2) is 21.1 Å². The molecule has 0 saturated heterocycles. The zero-order valence-corrected chi connectivity index (χ0v) is 11.5. The zero-order valence-electron chi connectivity index (χ0n) is 5.49. The summed E-state index contributed by atoms with van der Waals surface area (Å²) in [4.78, 5) is 0. The molecule has 0 unspecified atom stereocenters. The van der Waals surface area contributed by atoms with E-state index in [9.17, 15) is 0 Å². The van der Waals surface area contributed by atoms with E-state index < -0.39 is 0 Å². The topological polar surface area (TPSA) is 0 Å². The molecule has 10 heavy (non-hydrogen) atoms. The number of aryl methyl sites for hydroxylation is 1. The van der Waals surface area contributed by atoms with E-state index in [0.29, 0.717) is 0 Å². The third-order valence-corrected chi connectivity index (χ3v) is 2.37. The van der Waals surface area contributed by atoms with Crippen molar-refractivity contribution in [2.24, 2.45) is 0 Å². The van der Waals surface area contributed by atoms with Gasteiger partial charge in [-0.3, -0.25) is 0 Å². The second kappa shape index (κ2) is 5.02. The maximum absolute atomic E-state index is 3.40. The van der Waals surface area contributed by atoms with Crippen molar-refractivity contribution in [3.05, 3.63) is 32.7 Å². The van der Waals surface area contributed by atoms with Gasteiger partial charge in [-0.2, -0.15) is 12.1 Å². The van der Waals surface area contributed by atoms with Crippen LogP contribution >= 0.6 is 31.9 Å². The summed E-state index contributed by atoms with van der Waals surface area (Å²) in [7, 11) is 0. The first-order valence-electron chi connectivity index (χ1n) is 2.53. The largest absolute Gasteiger partial charge is 0.172 e. The van der Waals surface area contributed by atoms with Crippen LogP contribution in [0, 0.1) is 13.0 Å². The molecule has 0 amide bonds. The van der Waals surface area contributed by atoms with Crippen LogP contribution in [-0.4, -0.2) is 0 Å². The average Bonchev–Trinajstić information content (AvgIpc) is 1.80. The van der Waals surface area contributed by atoms with Crippen molar-refractivity contribution in [2.45, 2.75) is 6.92 Å². The molecule has 0 bridgehead atoms. The first-order valence-corrected chi connectivity index (χ1v) is 4.12. The Bertz CT molecular complexity index is 223.